The summed E-state index contributed by atoms with van der Waals surface area (Å²) in [5.74, 6) is 0.416. The maximum absolute atomic E-state index is 12.6. The van der Waals surface area contributed by atoms with Gasteiger partial charge in [-0.05, 0) is 5.92 Å². The Hall–Kier alpha value is -1.22. The first-order valence-electron chi connectivity index (χ1n) is 8.04. The molecular formula is C15H24N4O3S. The van der Waals surface area contributed by atoms with Crippen LogP contribution in [0.1, 0.15) is 10.5 Å². The Kier molecular flexibility index (Phi) is 5.47. The smallest absolute Gasteiger partial charge is 0.273 e. The minimum absolute atomic E-state index is 0.0364. The van der Waals surface area contributed by atoms with Gasteiger partial charge in [-0.1, -0.05) is 0 Å². The van der Waals surface area contributed by atoms with Crippen molar-refractivity contribution in [3.05, 3.63) is 11.1 Å². The van der Waals surface area contributed by atoms with Crippen LogP contribution < -0.4 is 5.32 Å². The monoisotopic (exact) mass is 340 g/mol. The van der Waals surface area contributed by atoms with Crippen molar-refractivity contribution in [2.45, 2.75) is 0 Å². The molecule has 0 bridgehead atoms. The highest BCUT2D eigenvalue weighted by molar-refractivity contribution is 7.13. The van der Waals surface area contributed by atoms with Crippen molar-refractivity contribution in [2.24, 2.45) is 11.8 Å². The number of nitrogens with zero attached hydrogens (tertiary/aromatic N) is 3. The van der Waals surface area contributed by atoms with Crippen molar-refractivity contribution in [3.63, 3.8) is 0 Å². The molecule has 8 heteroatoms. The zero-order valence-electron chi connectivity index (χ0n) is 13.4. The molecule has 128 valence electrons. The number of carbonyl (C=O) groups is 1. The summed E-state index contributed by atoms with van der Waals surface area (Å²) in [5.41, 5.74) is 0.489. The molecule has 1 amide bonds. The maximum Gasteiger partial charge on any atom is 0.273 e. The van der Waals surface area contributed by atoms with Crippen molar-refractivity contribution in [2.75, 3.05) is 64.9 Å². The highest BCUT2D eigenvalue weighted by Crippen LogP contribution is 2.26. The van der Waals surface area contributed by atoms with E-state index in [9.17, 15) is 9.90 Å². The number of aliphatic hydroxyl groups is 1. The zero-order chi connectivity index (χ0) is 16.2. The predicted octanol–water partition coefficient (Wildman–Crippen LogP) is 0.198. The molecule has 2 fully saturated rings. The van der Waals surface area contributed by atoms with Gasteiger partial charge in [0, 0.05) is 57.7 Å². The average Bonchev–Trinajstić information content (AvgIpc) is 3.22. The van der Waals surface area contributed by atoms with Gasteiger partial charge in [0.15, 0.2) is 5.13 Å². The number of rotatable bonds is 5. The van der Waals surface area contributed by atoms with Gasteiger partial charge >= 0.3 is 0 Å². The molecule has 1 aromatic heterocycles. The highest BCUT2D eigenvalue weighted by Gasteiger charge is 2.36. The summed E-state index contributed by atoms with van der Waals surface area (Å²) in [4.78, 5) is 21.1. The van der Waals surface area contributed by atoms with E-state index in [0.717, 1.165) is 38.0 Å². The predicted molar refractivity (Wildman–Crippen MR) is 88.9 cm³/mol. The molecule has 0 radical (unpaired) electrons. The van der Waals surface area contributed by atoms with E-state index in [1.807, 2.05) is 4.90 Å². The lowest BCUT2D eigenvalue weighted by Gasteiger charge is -2.30. The lowest BCUT2D eigenvalue weighted by Crippen LogP contribution is -2.41. The van der Waals surface area contributed by atoms with Crippen LogP contribution in [-0.2, 0) is 4.74 Å². The maximum atomic E-state index is 12.6. The Morgan fingerprint density at radius 1 is 1.43 bits per heavy atom. The van der Waals surface area contributed by atoms with Crippen molar-refractivity contribution < 1.29 is 14.6 Å². The van der Waals surface area contributed by atoms with Crippen LogP contribution in [0.2, 0.25) is 0 Å². The van der Waals surface area contributed by atoms with Gasteiger partial charge in [-0.2, -0.15) is 0 Å². The fourth-order valence-electron chi connectivity index (χ4n) is 3.28. The summed E-state index contributed by atoms with van der Waals surface area (Å²) < 4.78 is 5.38. The van der Waals surface area contributed by atoms with Gasteiger partial charge < -0.3 is 20.1 Å². The van der Waals surface area contributed by atoms with Crippen LogP contribution in [0.25, 0.3) is 0 Å². The van der Waals surface area contributed by atoms with Crippen molar-refractivity contribution >= 4 is 22.4 Å². The van der Waals surface area contributed by atoms with Crippen LogP contribution in [0.5, 0.6) is 0 Å². The van der Waals surface area contributed by atoms with Crippen LogP contribution in [0.4, 0.5) is 5.13 Å². The lowest BCUT2D eigenvalue weighted by atomic mass is 9.96. The topological polar surface area (TPSA) is 77.9 Å². The SMILES string of the molecule is CNc1nc(C(=O)N2CC(CO)C(CN3CCOCC3)C2)cs1. The van der Waals surface area contributed by atoms with Gasteiger partial charge in [-0.15, -0.1) is 11.3 Å². The number of hydrogen-bond acceptors (Lipinski definition) is 7. The molecule has 3 heterocycles. The molecule has 2 aliphatic rings. The number of anilines is 1. The van der Waals surface area contributed by atoms with Gasteiger partial charge in [-0.25, -0.2) is 4.98 Å². The summed E-state index contributed by atoms with van der Waals surface area (Å²) in [7, 11) is 1.79. The molecule has 0 spiro atoms. The van der Waals surface area contributed by atoms with E-state index in [4.69, 9.17) is 4.74 Å². The zero-order valence-corrected chi connectivity index (χ0v) is 14.2. The van der Waals surface area contributed by atoms with E-state index < -0.39 is 0 Å². The average molecular weight is 340 g/mol. The number of aromatic nitrogens is 1. The Balaban J connectivity index is 1.62. The second-order valence-corrected chi connectivity index (χ2v) is 6.97. The second kappa shape index (κ2) is 7.57. The normalized spacial score (nSPS) is 25.7. The highest BCUT2D eigenvalue weighted by atomic mass is 32.1. The number of ether oxygens (including phenoxy) is 1. The van der Waals surface area contributed by atoms with Gasteiger partial charge in [0.2, 0.25) is 0 Å². The third kappa shape index (κ3) is 3.82. The molecule has 3 rings (SSSR count). The number of nitrogens with one attached hydrogen (secondary N) is 1. The van der Waals surface area contributed by atoms with Crippen molar-refractivity contribution in [1.82, 2.24) is 14.8 Å². The summed E-state index contributed by atoms with van der Waals surface area (Å²) in [5, 5.41) is 15.2. The third-order valence-corrected chi connectivity index (χ3v) is 5.49. The first-order chi connectivity index (χ1) is 11.2. The number of thiazole rings is 1. The Bertz CT molecular complexity index is 533. The Labute approximate surface area is 140 Å². The minimum atomic E-state index is -0.0364. The summed E-state index contributed by atoms with van der Waals surface area (Å²) in [6.45, 7) is 5.73. The Morgan fingerprint density at radius 3 is 2.83 bits per heavy atom. The molecule has 0 aliphatic carbocycles. The standard InChI is InChI=1S/C15H24N4O3S/c1-16-15-17-13(10-23-15)14(21)19-7-11(12(8-19)9-20)6-18-2-4-22-5-3-18/h10-12,20H,2-9H2,1H3,(H,16,17). The van der Waals surface area contributed by atoms with Crippen LogP contribution in [0, 0.1) is 11.8 Å². The van der Waals surface area contributed by atoms with Crippen LogP contribution >= 0.6 is 11.3 Å². The number of carbonyl (C=O) groups excluding carboxylic acids is 1. The molecular weight excluding hydrogens is 316 g/mol. The molecule has 7 nitrogen and oxygen atoms in total. The van der Waals surface area contributed by atoms with Gasteiger partial charge in [0.25, 0.3) is 5.91 Å². The minimum Gasteiger partial charge on any atom is -0.396 e. The number of aliphatic hydroxyl groups excluding tert-OH is 1. The van der Waals surface area contributed by atoms with Crippen LogP contribution in [0.3, 0.4) is 0 Å². The number of hydrogen-bond donors (Lipinski definition) is 2. The quantitative estimate of drug-likeness (QED) is 0.797. The van der Waals surface area contributed by atoms with Crippen LogP contribution in [-0.4, -0.2) is 85.4 Å². The van der Waals surface area contributed by atoms with E-state index in [2.05, 4.69) is 15.2 Å². The number of morpholine rings is 1. The van der Waals surface area contributed by atoms with E-state index in [0.29, 0.717) is 24.7 Å². The summed E-state index contributed by atoms with van der Waals surface area (Å²) in [6, 6.07) is 0. The summed E-state index contributed by atoms with van der Waals surface area (Å²) >= 11 is 1.43. The number of likely N-dealkylation sites (tertiary alicyclic amines) is 1. The molecule has 1 aromatic rings. The van der Waals surface area contributed by atoms with Crippen molar-refractivity contribution in [3.8, 4) is 0 Å². The van der Waals surface area contributed by atoms with Crippen molar-refractivity contribution in [1.29, 1.82) is 0 Å². The third-order valence-electron chi connectivity index (χ3n) is 4.63. The molecule has 2 saturated heterocycles. The first-order valence-corrected chi connectivity index (χ1v) is 8.92. The van der Waals surface area contributed by atoms with Crippen LogP contribution in [0.15, 0.2) is 5.38 Å². The Morgan fingerprint density at radius 2 is 2.17 bits per heavy atom. The van der Waals surface area contributed by atoms with Gasteiger partial charge in [0.05, 0.1) is 13.2 Å². The van der Waals surface area contributed by atoms with E-state index in [1.165, 1.54) is 11.3 Å². The number of amides is 1. The molecule has 2 N–H and O–H groups in total. The van der Waals surface area contributed by atoms with Gasteiger partial charge in [0.1, 0.15) is 5.69 Å². The van der Waals surface area contributed by atoms with E-state index in [1.54, 1.807) is 12.4 Å². The fourth-order valence-corrected chi connectivity index (χ4v) is 3.93. The fraction of sp³-hybridized carbons (Fsp3) is 0.733. The first kappa shape index (κ1) is 16.6. The largest absolute Gasteiger partial charge is 0.396 e. The second-order valence-electron chi connectivity index (χ2n) is 6.11. The summed E-state index contributed by atoms with van der Waals surface area (Å²) in [6.07, 6.45) is 0. The molecule has 0 saturated carbocycles. The van der Waals surface area contributed by atoms with E-state index in [-0.39, 0.29) is 18.4 Å². The van der Waals surface area contributed by atoms with E-state index >= 15 is 0 Å². The molecule has 2 unspecified atom stereocenters. The molecule has 0 aromatic carbocycles. The molecule has 2 aliphatic heterocycles. The van der Waals surface area contributed by atoms with Gasteiger partial charge in [-0.3, -0.25) is 9.69 Å². The lowest BCUT2D eigenvalue weighted by molar-refractivity contribution is 0.0264. The molecule has 2 atom stereocenters. The molecule has 23 heavy (non-hydrogen) atoms.